The first-order valence-electron chi connectivity index (χ1n) is 7.87. The Bertz CT molecular complexity index is 560. The number of amides is 3. The van der Waals surface area contributed by atoms with E-state index in [2.05, 4.69) is 16.0 Å². The third-order valence-corrected chi connectivity index (χ3v) is 3.12. The monoisotopic (exact) mass is 335 g/mol. The smallest absolute Gasteiger partial charge is 0.408 e. The first-order valence-corrected chi connectivity index (χ1v) is 7.87. The Morgan fingerprint density at radius 1 is 0.875 bits per heavy atom. The van der Waals surface area contributed by atoms with Crippen molar-refractivity contribution in [1.29, 1.82) is 0 Å². The highest BCUT2D eigenvalue weighted by Gasteiger charge is 2.21. The molecule has 0 bridgehead atoms. The number of carbonyl (C=O) groups is 3. The largest absolute Gasteiger partial charge is 0.445 e. The van der Waals surface area contributed by atoms with Gasteiger partial charge in [0.15, 0.2) is 0 Å². The summed E-state index contributed by atoms with van der Waals surface area (Å²) >= 11 is 0. The molecule has 2 atom stereocenters. The Kier molecular flexibility index (Phi) is 7.74. The SMILES string of the molecule is CC(C)NC(=O)[C@H](C)NC(=O)[C@H](C)NC(=O)OCc1ccccc1. The second kappa shape index (κ2) is 9.54. The Morgan fingerprint density at radius 2 is 1.42 bits per heavy atom. The molecule has 1 rings (SSSR count). The van der Waals surface area contributed by atoms with E-state index in [0.717, 1.165) is 5.56 Å². The number of ether oxygens (including phenoxy) is 1. The van der Waals surface area contributed by atoms with Crippen LogP contribution in [0, 0.1) is 0 Å². The molecule has 3 N–H and O–H groups in total. The van der Waals surface area contributed by atoms with Crippen LogP contribution in [0.5, 0.6) is 0 Å². The number of carbonyl (C=O) groups excluding carboxylic acids is 3. The lowest BCUT2D eigenvalue weighted by Gasteiger charge is -2.19. The Labute approximate surface area is 142 Å². The highest BCUT2D eigenvalue weighted by molar-refractivity contribution is 5.90. The Morgan fingerprint density at radius 3 is 2.00 bits per heavy atom. The number of alkyl carbamates (subject to hydrolysis) is 1. The molecule has 3 amide bonds. The molecule has 132 valence electrons. The zero-order chi connectivity index (χ0) is 18.1. The lowest BCUT2D eigenvalue weighted by atomic mass is 10.2. The molecule has 1 aromatic rings. The molecule has 0 aliphatic heterocycles. The van der Waals surface area contributed by atoms with Gasteiger partial charge in [-0.3, -0.25) is 9.59 Å². The number of nitrogens with one attached hydrogen (secondary N) is 3. The van der Waals surface area contributed by atoms with Gasteiger partial charge in [-0.25, -0.2) is 4.79 Å². The molecule has 0 saturated heterocycles. The molecule has 0 fully saturated rings. The summed E-state index contributed by atoms with van der Waals surface area (Å²) in [5.41, 5.74) is 0.851. The van der Waals surface area contributed by atoms with Gasteiger partial charge in [-0.1, -0.05) is 30.3 Å². The van der Waals surface area contributed by atoms with Gasteiger partial charge in [0, 0.05) is 6.04 Å². The first-order chi connectivity index (χ1) is 11.3. The van der Waals surface area contributed by atoms with Crippen molar-refractivity contribution in [2.45, 2.75) is 52.4 Å². The van der Waals surface area contributed by atoms with Crippen LogP contribution in [0.4, 0.5) is 4.79 Å². The van der Waals surface area contributed by atoms with Crippen molar-refractivity contribution in [2.24, 2.45) is 0 Å². The summed E-state index contributed by atoms with van der Waals surface area (Å²) in [6.07, 6.45) is -0.694. The topological polar surface area (TPSA) is 96.5 Å². The van der Waals surface area contributed by atoms with E-state index in [4.69, 9.17) is 4.74 Å². The van der Waals surface area contributed by atoms with Crippen LogP contribution in [-0.4, -0.2) is 36.0 Å². The summed E-state index contributed by atoms with van der Waals surface area (Å²) in [7, 11) is 0. The maximum absolute atomic E-state index is 12.0. The van der Waals surface area contributed by atoms with Crippen LogP contribution < -0.4 is 16.0 Å². The van der Waals surface area contributed by atoms with E-state index in [1.165, 1.54) is 6.92 Å². The van der Waals surface area contributed by atoms with Crippen LogP contribution in [0.2, 0.25) is 0 Å². The van der Waals surface area contributed by atoms with Crippen molar-refractivity contribution in [3.8, 4) is 0 Å². The summed E-state index contributed by atoms with van der Waals surface area (Å²) in [5, 5.41) is 7.67. The normalized spacial score (nSPS) is 12.9. The minimum Gasteiger partial charge on any atom is -0.445 e. The fourth-order valence-electron chi connectivity index (χ4n) is 1.82. The van der Waals surface area contributed by atoms with Gasteiger partial charge in [-0.2, -0.15) is 0 Å². The van der Waals surface area contributed by atoms with Crippen LogP contribution in [0.25, 0.3) is 0 Å². The van der Waals surface area contributed by atoms with E-state index in [9.17, 15) is 14.4 Å². The summed E-state index contributed by atoms with van der Waals surface area (Å²) in [6.45, 7) is 6.88. The van der Waals surface area contributed by atoms with E-state index in [1.54, 1.807) is 6.92 Å². The predicted molar refractivity (Wildman–Crippen MR) is 90.1 cm³/mol. The second-order valence-electron chi connectivity index (χ2n) is 5.82. The molecule has 1 aromatic carbocycles. The standard InChI is InChI=1S/C17H25N3O4/c1-11(2)18-15(21)12(3)19-16(22)13(4)20-17(23)24-10-14-8-6-5-7-9-14/h5-9,11-13H,10H2,1-4H3,(H,18,21)(H,19,22)(H,20,23)/t12-,13-/m0/s1. The third-order valence-electron chi connectivity index (χ3n) is 3.12. The van der Waals surface area contributed by atoms with Crippen molar-refractivity contribution in [3.63, 3.8) is 0 Å². The number of hydrogen-bond acceptors (Lipinski definition) is 4. The molecule has 7 nitrogen and oxygen atoms in total. The quantitative estimate of drug-likeness (QED) is 0.700. The summed E-state index contributed by atoms with van der Waals surface area (Å²) in [6, 6.07) is 7.70. The molecule has 0 aliphatic carbocycles. The molecule has 7 heteroatoms. The minimum absolute atomic E-state index is 0.0136. The Hall–Kier alpha value is -2.57. The van der Waals surface area contributed by atoms with E-state index in [0.29, 0.717) is 0 Å². The molecule has 0 unspecified atom stereocenters. The van der Waals surface area contributed by atoms with Gasteiger partial charge >= 0.3 is 6.09 Å². The van der Waals surface area contributed by atoms with E-state index in [-0.39, 0.29) is 18.6 Å². The van der Waals surface area contributed by atoms with E-state index < -0.39 is 24.1 Å². The summed E-state index contributed by atoms with van der Waals surface area (Å²) < 4.78 is 5.04. The first kappa shape index (κ1) is 19.5. The highest BCUT2D eigenvalue weighted by Crippen LogP contribution is 2.00. The predicted octanol–water partition coefficient (Wildman–Crippen LogP) is 1.33. The molecule has 0 heterocycles. The van der Waals surface area contributed by atoms with Crippen molar-refractivity contribution < 1.29 is 19.1 Å². The van der Waals surface area contributed by atoms with Crippen LogP contribution >= 0.6 is 0 Å². The van der Waals surface area contributed by atoms with Gasteiger partial charge in [0.05, 0.1) is 0 Å². The lowest BCUT2D eigenvalue weighted by molar-refractivity contribution is -0.129. The Balaban J connectivity index is 2.37. The van der Waals surface area contributed by atoms with Crippen LogP contribution in [0.15, 0.2) is 30.3 Å². The minimum atomic E-state index is -0.817. The average Bonchev–Trinajstić information content (AvgIpc) is 2.53. The number of benzene rings is 1. The highest BCUT2D eigenvalue weighted by atomic mass is 16.5. The van der Waals surface area contributed by atoms with Gasteiger partial charge in [-0.15, -0.1) is 0 Å². The maximum Gasteiger partial charge on any atom is 0.408 e. The van der Waals surface area contributed by atoms with Gasteiger partial charge in [0.2, 0.25) is 11.8 Å². The molecule has 0 spiro atoms. The van der Waals surface area contributed by atoms with Crippen molar-refractivity contribution in [2.75, 3.05) is 0 Å². The van der Waals surface area contributed by atoms with Gasteiger partial charge in [0.25, 0.3) is 0 Å². The van der Waals surface area contributed by atoms with Crippen molar-refractivity contribution >= 4 is 17.9 Å². The van der Waals surface area contributed by atoms with E-state index in [1.807, 2.05) is 44.2 Å². The van der Waals surface area contributed by atoms with Gasteiger partial charge in [-0.05, 0) is 33.3 Å². The maximum atomic E-state index is 12.0. The van der Waals surface area contributed by atoms with Crippen LogP contribution in [-0.2, 0) is 20.9 Å². The number of hydrogen-bond donors (Lipinski definition) is 3. The summed E-state index contributed by atoms with van der Waals surface area (Å²) in [5.74, 6) is -0.740. The number of rotatable bonds is 7. The molecule has 24 heavy (non-hydrogen) atoms. The fraction of sp³-hybridized carbons (Fsp3) is 0.471. The van der Waals surface area contributed by atoms with Gasteiger partial charge in [0.1, 0.15) is 18.7 Å². The van der Waals surface area contributed by atoms with Crippen molar-refractivity contribution in [1.82, 2.24) is 16.0 Å². The van der Waals surface area contributed by atoms with Crippen molar-refractivity contribution in [3.05, 3.63) is 35.9 Å². The molecular formula is C17H25N3O4. The molecule has 0 radical (unpaired) electrons. The van der Waals surface area contributed by atoms with Crippen LogP contribution in [0.1, 0.15) is 33.3 Å². The second-order valence-corrected chi connectivity index (χ2v) is 5.82. The zero-order valence-corrected chi connectivity index (χ0v) is 14.5. The molecule has 0 aliphatic rings. The van der Waals surface area contributed by atoms with Crippen LogP contribution in [0.3, 0.4) is 0 Å². The molecule has 0 aromatic heterocycles. The third kappa shape index (κ3) is 7.13. The average molecular weight is 335 g/mol. The zero-order valence-electron chi connectivity index (χ0n) is 14.5. The molecular weight excluding hydrogens is 310 g/mol. The molecule has 0 saturated carbocycles. The van der Waals surface area contributed by atoms with Gasteiger partial charge < -0.3 is 20.7 Å². The lowest BCUT2D eigenvalue weighted by Crippen LogP contribution is -2.52. The summed E-state index contributed by atoms with van der Waals surface area (Å²) in [4.78, 5) is 35.5. The van der Waals surface area contributed by atoms with E-state index >= 15 is 0 Å². The fourth-order valence-corrected chi connectivity index (χ4v) is 1.82.